The third-order valence-corrected chi connectivity index (χ3v) is 3.84. The van der Waals surface area contributed by atoms with Gasteiger partial charge in [0.15, 0.2) is 0 Å². The molecular weight excluding hydrogens is 291 g/mol. The molecule has 0 unspecified atom stereocenters. The molecule has 21 heavy (non-hydrogen) atoms. The summed E-state index contributed by atoms with van der Waals surface area (Å²) in [6.07, 6.45) is 2.84. The predicted octanol–water partition coefficient (Wildman–Crippen LogP) is 1.20. The van der Waals surface area contributed by atoms with Crippen molar-refractivity contribution in [3.05, 3.63) is 51.5 Å². The summed E-state index contributed by atoms with van der Waals surface area (Å²) in [4.78, 5) is 12.4. The highest BCUT2D eigenvalue weighted by Gasteiger charge is 2.17. The van der Waals surface area contributed by atoms with Crippen LogP contribution >= 0.6 is 12.2 Å². The highest BCUT2D eigenvalue weighted by molar-refractivity contribution is 7.80. The first-order valence-electron chi connectivity index (χ1n) is 6.80. The highest BCUT2D eigenvalue weighted by Crippen LogP contribution is 2.12. The lowest BCUT2D eigenvalue weighted by atomic mass is 10.1. The maximum absolute atomic E-state index is 13.6. The van der Waals surface area contributed by atoms with E-state index in [1.54, 1.807) is 10.6 Å². The molecule has 0 bridgehead atoms. The van der Waals surface area contributed by atoms with E-state index in [-0.39, 0.29) is 17.2 Å². The van der Waals surface area contributed by atoms with Crippen molar-refractivity contribution in [2.24, 2.45) is 5.73 Å². The van der Waals surface area contributed by atoms with Crippen molar-refractivity contribution in [3.8, 4) is 0 Å². The first-order chi connectivity index (χ1) is 10.0. The van der Waals surface area contributed by atoms with E-state index < -0.39 is 5.82 Å². The van der Waals surface area contributed by atoms with E-state index in [4.69, 9.17) is 18.0 Å². The van der Waals surface area contributed by atoms with Crippen molar-refractivity contribution < 1.29 is 4.39 Å². The molecule has 3 rings (SSSR count). The standard InChI is InChI=1S/C14H15FN4OS/c15-11-6-9(5-10(7-11)13(16)21)8-19-14(20)18-4-2-1-3-12(18)17-19/h5-7H,1-4,8H2,(H2,16,21). The Morgan fingerprint density at radius 2 is 2.19 bits per heavy atom. The maximum Gasteiger partial charge on any atom is 0.346 e. The SMILES string of the molecule is NC(=S)c1cc(F)cc(Cn2nc3n(c2=O)CCCC3)c1. The summed E-state index contributed by atoms with van der Waals surface area (Å²) in [5.41, 5.74) is 6.46. The van der Waals surface area contributed by atoms with Crippen LogP contribution in [0.25, 0.3) is 0 Å². The van der Waals surface area contributed by atoms with E-state index in [2.05, 4.69) is 5.10 Å². The average Bonchev–Trinajstić information content (AvgIpc) is 2.75. The fraction of sp³-hybridized carbons (Fsp3) is 0.357. The third kappa shape index (κ3) is 2.73. The summed E-state index contributed by atoms with van der Waals surface area (Å²) in [5, 5.41) is 4.33. The average molecular weight is 306 g/mol. The van der Waals surface area contributed by atoms with E-state index >= 15 is 0 Å². The van der Waals surface area contributed by atoms with Crippen molar-refractivity contribution in [2.45, 2.75) is 32.4 Å². The fourth-order valence-electron chi connectivity index (χ4n) is 2.61. The van der Waals surface area contributed by atoms with Crippen LogP contribution in [0.3, 0.4) is 0 Å². The van der Waals surface area contributed by atoms with Gasteiger partial charge in [0.1, 0.15) is 16.6 Å². The largest absolute Gasteiger partial charge is 0.389 e. The van der Waals surface area contributed by atoms with Crippen LogP contribution in [0.5, 0.6) is 0 Å². The van der Waals surface area contributed by atoms with Gasteiger partial charge in [-0.05, 0) is 36.6 Å². The van der Waals surface area contributed by atoms with Gasteiger partial charge in [-0.15, -0.1) is 0 Å². The zero-order valence-corrected chi connectivity index (χ0v) is 12.2. The third-order valence-electron chi connectivity index (χ3n) is 3.61. The van der Waals surface area contributed by atoms with E-state index in [1.807, 2.05) is 0 Å². The Hall–Kier alpha value is -2.02. The van der Waals surface area contributed by atoms with Gasteiger partial charge in [-0.25, -0.2) is 13.9 Å². The summed E-state index contributed by atoms with van der Waals surface area (Å²) in [6, 6.07) is 4.34. The molecule has 7 heteroatoms. The van der Waals surface area contributed by atoms with E-state index in [9.17, 15) is 9.18 Å². The Kier molecular flexibility index (Phi) is 3.59. The minimum atomic E-state index is -0.424. The second kappa shape index (κ2) is 5.40. The Morgan fingerprint density at radius 3 is 2.90 bits per heavy atom. The quantitative estimate of drug-likeness (QED) is 0.866. The smallest absolute Gasteiger partial charge is 0.346 e. The number of aromatic nitrogens is 3. The van der Waals surface area contributed by atoms with Gasteiger partial charge >= 0.3 is 5.69 Å². The molecule has 5 nitrogen and oxygen atoms in total. The summed E-state index contributed by atoms with van der Waals surface area (Å²) < 4.78 is 16.7. The summed E-state index contributed by atoms with van der Waals surface area (Å²) >= 11 is 4.87. The van der Waals surface area contributed by atoms with Crippen LogP contribution in [0.15, 0.2) is 23.0 Å². The van der Waals surface area contributed by atoms with Gasteiger partial charge in [0.05, 0.1) is 6.54 Å². The Labute approximate surface area is 126 Å². The molecule has 0 atom stereocenters. The molecular formula is C14H15FN4OS. The normalized spacial score (nSPS) is 14.0. The molecule has 0 saturated carbocycles. The molecule has 2 heterocycles. The van der Waals surface area contributed by atoms with Gasteiger partial charge in [0.2, 0.25) is 0 Å². The number of hydrogen-bond acceptors (Lipinski definition) is 3. The number of rotatable bonds is 3. The van der Waals surface area contributed by atoms with Crippen LogP contribution in [-0.4, -0.2) is 19.3 Å². The maximum atomic E-state index is 13.6. The molecule has 0 saturated heterocycles. The molecule has 110 valence electrons. The summed E-state index contributed by atoms with van der Waals surface area (Å²) in [7, 11) is 0. The Morgan fingerprint density at radius 1 is 1.38 bits per heavy atom. The lowest BCUT2D eigenvalue weighted by molar-refractivity contribution is 0.511. The molecule has 0 spiro atoms. The van der Waals surface area contributed by atoms with Crippen molar-refractivity contribution >= 4 is 17.2 Å². The lowest BCUT2D eigenvalue weighted by Crippen LogP contribution is -2.27. The molecule has 0 fully saturated rings. The van der Waals surface area contributed by atoms with Gasteiger partial charge in [-0.1, -0.05) is 12.2 Å². The zero-order valence-electron chi connectivity index (χ0n) is 11.4. The number of nitrogens with zero attached hydrogens (tertiary/aromatic N) is 3. The van der Waals surface area contributed by atoms with E-state index in [1.165, 1.54) is 16.8 Å². The van der Waals surface area contributed by atoms with Crippen LogP contribution in [0.1, 0.15) is 29.8 Å². The molecule has 0 amide bonds. The molecule has 1 aromatic heterocycles. The number of halogens is 1. The molecule has 1 aliphatic heterocycles. The minimum Gasteiger partial charge on any atom is -0.389 e. The lowest BCUT2D eigenvalue weighted by Gasteiger charge is -2.09. The van der Waals surface area contributed by atoms with E-state index in [0.29, 0.717) is 17.7 Å². The van der Waals surface area contributed by atoms with Crippen LogP contribution < -0.4 is 11.4 Å². The van der Waals surface area contributed by atoms with Gasteiger partial charge in [-0.2, -0.15) is 5.10 Å². The van der Waals surface area contributed by atoms with Crippen molar-refractivity contribution in [3.63, 3.8) is 0 Å². The Balaban J connectivity index is 1.95. The number of thiocarbonyl (C=S) groups is 1. The van der Waals surface area contributed by atoms with Gasteiger partial charge in [0, 0.05) is 18.5 Å². The molecule has 0 radical (unpaired) electrons. The van der Waals surface area contributed by atoms with Gasteiger partial charge < -0.3 is 5.73 Å². The van der Waals surface area contributed by atoms with E-state index in [0.717, 1.165) is 25.1 Å². The van der Waals surface area contributed by atoms with Gasteiger partial charge in [-0.3, -0.25) is 4.57 Å². The summed E-state index contributed by atoms with van der Waals surface area (Å²) in [5.74, 6) is 0.379. The highest BCUT2D eigenvalue weighted by atomic mass is 32.1. The number of aryl methyl sites for hydroxylation is 1. The monoisotopic (exact) mass is 306 g/mol. The second-order valence-electron chi connectivity index (χ2n) is 5.18. The van der Waals surface area contributed by atoms with Crippen LogP contribution in [0, 0.1) is 5.82 Å². The first-order valence-corrected chi connectivity index (χ1v) is 7.21. The number of fused-ring (bicyclic) bond motifs is 1. The molecule has 2 aromatic rings. The minimum absolute atomic E-state index is 0.132. The predicted molar refractivity (Wildman–Crippen MR) is 80.8 cm³/mol. The zero-order chi connectivity index (χ0) is 15.0. The Bertz CT molecular complexity index is 765. The topological polar surface area (TPSA) is 65.8 Å². The number of nitrogens with two attached hydrogens (primary N) is 1. The molecule has 0 aliphatic carbocycles. The van der Waals surface area contributed by atoms with Crippen LogP contribution in [0.2, 0.25) is 0 Å². The number of benzene rings is 1. The number of hydrogen-bond donors (Lipinski definition) is 1. The van der Waals surface area contributed by atoms with Crippen LogP contribution in [0.4, 0.5) is 4.39 Å². The summed E-state index contributed by atoms with van der Waals surface area (Å²) in [6.45, 7) is 0.918. The van der Waals surface area contributed by atoms with Crippen LogP contribution in [-0.2, 0) is 19.5 Å². The second-order valence-corrected chi connectivity index (χ2v) is 5.62. The van der Waals surface area contributed by atoms with Crippen molar-refractivity contribution in [2.75, 3.05) is 0 Å². The molecule has 2 N–H and O–H groups in total. The van der Waals surface area contributed by atoms with Gasteiger partial charge in [0.25, 0.3) is 0 Å². The van der Waals surface area contributed by atoms with Crippen molar-refractivity contribution in [1.29, 1.82) is 0 Å². The van der Waals surface area contributed by atoms with Crippen molar-refractivity contribution in [1.82, 2.24) is 14.3 Å². The molecule has 1 aromatic carbocycles. The fourth-order valence-corrected chi connectivity index (χ4v) is 2.73. The first kappa shape index (κ1) is 13.9. The molecule has 1 aliphatic rings.